The summed E-state index contributed by atoms with van der Waals surface area (Å²) in [6.45, 7) is 13.0. The van der Waals surface area contributed by atoms with Gasteiger partial charge in [0.25, 0.3) is 0 Å². The summed E-state index contributed by atoms with van der Waals surface area (Å²) in [6.07, 6.45) is 6.36. The molecule has 0 saturated carbocycles. The van der Waals surface area contributed by atoms with Crippen LogP contribution in [0.1, 0.15) is 75.3 Å². The van der Waals surface area contributed by atoms with E-state index in [0.717, 1.165) is 44.0 Å². The van der Waals surface area contributed by atoms with Gasteiger partial charge in [-0.1, -0.05) is 115 Å². The molecule has 0 aliphatic carbocycles. The molecule has 294 valence electrons. The van der Waals surface area contributed by atoms with Crippen molar-refractivity contribution in [2.45, 2.75) is 62.7 Å². The van der Waals surface area contributed by atoms with Crippen LogP contribution in [0.2, 0.25) is 0 Å². The number of hydrogen-bond acceptors (Lipinski definition) is 2. The van der Waals surface area contributed by atoms with Crippen molar-refractivity contribution in [2.75, 3.05) is 25.1 Å². The Kier molecular flexibility index (Phi) is 18.8. The molecule has 0 aromatic heterocycles. The van der Waals surface area contributed by atoms with Crippen LogP contribution in [0, 0.1) is 11.6 Å². The second kappa shape index (κ2) is 22.0. The van der Waals surface area contributed by atoms with Crippen LogP contribution >= 0.6 is 54.5 Å². The number of hydrogen-bond donors (Lipinski definition) is 1. The minimum atomic E-state index is -0.539. The summed E-state index contributed by atoms with van der Waals surface area (Å²) in [4.78, 5) is 33.7. The molecule has 0 bridgehead atoms. The van der Waals surface area contributed by atoms with E-state index in [1.165, 1.54) is 24.3 Å². The van der Waals surface area contributed by atoms with E-state index >= 15 is 0 Å². The molecule has 4 aromatic carbocycles. The van der Waals surface area contributed by atoms with Crippen LogP contribution in [0.4, 0.5) is 18.4 Å². The van der Waals surface area contributed by atoms with Gasteiger partial charge in [0.05, 0.1) is 23.2 Å². The van der Waals surface area contributed by atoms with Gasteiger partial charge in [0.15, 0.2) is 0 Å². The number of nitrogens with zero attached hydrogens (tertiary/aromatic N) is 3. The van der Waals surface area contributed by atoms with Crippen LogP contribution in [0.3, 0.4) is 0 Å². The molecule has 1 N–H and O–H groups in total. The predicted molar refractivity (Wildman–Crippen MR) is 236 cm³/mol. The van der Waals surface area contributed by atoms with Gasteiger partial charge in [-0.25, -0.2) is 18.4 Å². The Labute approximate surface area is 385 Å². The van der Waals surface area contributed by atoms with Gasteiger partial charge in [-0.05, 0) is 115 Å². The van der Waals surface area contributed by atoms with Crippen LogP contribution in [-0.2, 0) is 11.1 Å². The number of rotatable bonds is 10. The summed E-state index contributed by atoms with van der Waals surface area (Å²) in [5.74, 6) is -0.557. The average Bonchev–Trinajstić information content (AvgIpc) is 3.19. The summed E-state index contributed by atoms with van der Waals surface area (Å²) < 4.78 is 28.7. The zero-order valence-electron chi connectivity index (χ0n) is 33.8. The minimum absolute atomic E-state index is 0. The second-order valence-corrected chi connectivity index (χ2v) is 15.6. The predicted octanol–water partition coefficient (Wildman–Crippen LogP) is 9.58. The molecule has 6 nitrogen and oxygen atoms in total. The molecule has 4 amide bonds. The van der Waals surface area contributed by atoms with E-state index in [2.05, 4.69) is 72.9 Å². The molecule has 4 atom stereocenters. The molecule has 4 aromatic rings. The van der Waals surface area contributed by atoms with Gasteiger partial charge >= 0.3 is 41.6 Å². The van der Waals surface area contributed by atoms with E-state index in [9.17, 15) is 18.4 Å². The fourth-order valence-corrected chi connectivity index (χ4v) is 7.99. The number of nitrogens with one attached hydrogen (secondary N) is 1. The van der Waals surface area contributed by atoms with Crippen LogP contribution in [0.25, 0.3) is 0 Å². The Bertz CT molecular complexity index is 1910. The Morgan fingerprint density at radius 2 is 1.16 bits per heavy atom. The molecule has 0 spiro atoms. The van der Waals surface area contributed by atoms with Gasteiger partial charge in [-0.3, -0.25) is 0 Å². The maximum Gasteiger partial charge on any atom is 1.00 e. The number of benzene rings is 4. The van der Waals surface area contributed by atoms with Gasteiger partial charge in [0, 0.05) is 29.1 Å². The molecule has 2 fully saturated rings. The zero-order valence-corrected chi connectivity index (χ0v) is 40.1. The first kappa shape index (κ1) is 47.8. The van der Waals surface area contributed by atoms with E-state index < -0.39 is 11.1 Å². The largest absolute Gasteiger partial charge is 1.00 e. The van der Waals surface area contributed by atoms with E-state index in [4.69, 9.17) is 0 Å². The number of amides is 4. The van der Waals surface area contributed by atoms with Gasteiger partial charge in [0.1, 0.15) is 11.6 Å². The molecule has 0 unspecified atom stereocenters. The van der Waals surface area contributed by atoms with Crippen molar-refractivity contribution in [2.24, 2.45) is 0 Å². The molecular weight excluding hydrogens is 964 g/mol. The number of carbonyl (C=O) groups is 2. The minimum Gasteiger partial charge on any atom is -1.00 e. The van der Waals surface area contributed by atoms with E-state index in [1.54, 1.807) is 35.2 Å². The summed E-state index contributed by atoms with van der Waals surface area (Å²) in [7, 11) is 1.83. The van der Waals surface area contributed by atoms with Crippen molar-refractivity contribution in [3.8, 4) is 0 Å². The van der Waals surface area contributed by atoms with Crippen molar-refractivity contribution in [3.63, 3.8) is 0 Å². The fraction of sp³-hybridized carbons (Fsp3) is 0.318. The maximum absolute atomic E-state index is 13.4. The molecule has 2 aliphatic heterocycles. The van der Waals surface area contributed by atoms with Crippen molar-refractivity contribution >= 4 is 66.5 Å². The fourth-order valence-electron chi connectivity index (χ4n) is 7.46. The number of carbonyl (C=O) groups excluding carboxylic acids is 2. The van der Waals surface area contributed by atoms with Crippen LogP contribution < -0.4 is 34.9 Å². The first-order valence-electron chi connectivity index (χ1n) is 18.1. The van der Waals surface area contributed by atoms with E-state index in [1.807, 2.05) is 90.2 Å². The Hall–Kier alpha value is -2.55. The first-order chi connectivity index (χ1) is 26.3. The molecule has 6 rings (SSSR count). The summed E-state index contributed by atoms with van der Waals surface area (Å²) in [5.41, 5.74) is 2.99. The van der Waals surface area contributed by atoms with Gasteiger partial charge < -0.3 is 21.4 Å². The standard InChI is InChI=1S/C22H24BrFN2O.C21H22BrFN2O.CH3I.Na.H/c1-4-13-22(18-7-11-20(24)12-8-18)14-15-26(21(27)25(22)3)16(2)17-5-9-19(23)10-6-17;1-3-12-21(17-6-10-19(23)11-7-17)13-14-25(20(26)24-21)15(2)16-4-8-18(22)9-5-16;1-2;;/h4-12,16H,1,13-15H2,2-3H3;3-11,15H,1,12-14H2,2H3,(H,24,26);1H3;;/q;;;+1;-1/t16-,22-;15-,21-;;;/m00.../s1. The van der Waals surface area contributed by atoms with Crippen LogP contribution in [0.5, 0.6) is 0 Å². The summed E-state index contributed by atoms with van der Waals surface area (Å²) in [6, 6.07) is 28.7. The van der Waals surface area contributed by atoms with Gasteiger partial charge in [-0.15, -0.1) is 13.2 Å². The summed E-state index contributed by atoms with van der Waals surface area (Å²) >= 11 is 9.04. The molecule has 12 heteroatoms. The zero-order chi connectivity index (χ0) is 40.3. The Balaban J connectivity index is 0.000000365. The van der Waals surface area contributed by atoms with Crippen LogP contribution in [-0.4, -0.2) is 51.8 Å². The Morgan fingerprint density at radius 3 is 1.61 bits per heavy atom. The van der Waals surface area contributed by atoms with Gasteiger partial charge in [-0.2, -0.15) is 0 Å². The molecule has 2 saturated heterocycles. The van der Waals surface area contributed by atoms with E-state index in [0.29, 0.717) is 25.9 Å². The molecule has 2 heterocycles. The molecule has 0 radical (unpaired) electrons. The molecular formula is C44H50Br2F2IN4NaO2. The normalized spacial score (nSPS) is 20.2. The second-order valence-electron chi connectivity index (χ2n) is 13.7. The van der Waals surface area contributed by atoms with E-state index in [-0.39, 0.29) is 66.8 Å². The maximum atomic E-state index is 13.4. The quantitative estimate of drug-likeness (QED) is 0.0746. The average molecular weight is 1010 g/mol. The van der Waals surface area contributed by atoms with Crippen molar-refractivity contribution in [1.82, 2.24) is 20.0 Å². The molecule has 2 aliphatic rings. The monoisotopic (exact) mass is 1010 g/mol. The van der Waals surface area contributed by atoms with Crippen molar-refractivity contribution in [1.29, 1.82) is 0 Å². The third-order valence-corrected chi connectivity index (χ3v) is 11.8. The molecule has 56 heavy (non-hydrogen) atoms. The van der Waals surface area contributed by atoms with Crippen molar-refractivity contribution < 1.29 is 49.4 Å². The Morgan fingerprint density at radius 1 is 0.732 bits per heavy atom. The first-order valence-corrected chi connectivity index (χ1v) is 21.8. The third kappa shape index (κ3) is 11.1. The number of halogens is 5. The van der Waals surface area contributed by atoms with Gasteiger partial charge in [0.2, 0.25) is 0 Å². The van der Waals surface area contributed by atoms with Crippen LogP contribution in [0.15, 0.2) is 131 Å². The van der Waals surface area contributed by atoms with Crippen molar-refractivity contribution in [3.05, 3.63) is 165 Å². The topological polar surface area (TPSA) is 55.9 Å². The summed E-state index contributed by atoms with van der Waals surface area (Å²) in [5, 5.41) is 3.16. The number of urea groups is 2. The smallest absolute Gasteiger partial charge is 1.00 e. The number of alkyl halides is 1. The SMILES string of the molecule is C=CC[C@@]1(c2ccc(F)cc2)CCN([C@@H](C)c2ccc(Br)cc2)C(=O)N1.C=CC[C@@]1(c2ccc(F)cc2)CCN([C@@H](C)c2ccc(Br)cc2)C(=O)N1C.CI.[H-].[Na+]. The third-order valence-electron chi connectivity index (χ3n) is 10.7.